The quantitative estimate of drug-likeness (QED) is 0.858. The first-order chi connectivity index (χ1) is 8.70. The Labute approximate surface area is 105 Å². The second-order valence-corrected chi connectivity index (χ2v) is 4.04. The maximum Gasteiger partial charge on any atom is 0.252 e. The first-order valence-corrected chi connectivity index (χ1v) is 5.81. The van der Waals surface area contributed by atoms with E-state index in [1.807, 2.05) is 6.07 Å². The highest BCUT2D eigenvalue weighted by atomic mass is 16.5. The molecule has 1 heterocycles. The Hall–Kier alpha value is -2.22. The predicted molar refractivity (Wildman–Crippen MR) is 64.6 cm³/mol. The number of benzene rings is 1. The fourth-order valence-electron chi connectivity index (χ4n) is 1.62. The van der Waals surface area contributed by atoms with Gasteiger partial charge in [-0.2, -0.15) is 5.26 Å². The summed E-state index contributed by atoms with van der Waals surface area (Å²) in [5, 5.41) is 11.2. The van der Waals surface area contributed by atoms with E-state index in [-0.39, 0.29) is 5.91 Å². The average molecular weight is 246 g/mol. The summed E-state index contributed by atoms with van der Waals surface area (Å²) in [6, 6.07) is 6.44. The van der Waals surface area contributed by atoms with Gasteiger partial charge in [0.15, 0.2) is 11.5 Å². The molecule has 1 aromatic carbocycles. The number of ether oxygens (including phenoxy) is 2. The van der Waals surface area contributed by atoms with Crippen LogP contribution >= 0.6 is 0 Å². The van der Waals surface area contributed by atoms with Crippen molar-refractivity contribution in [1.82, 2.24) is 5.32 Å². The molecule has 0 aromatic heterocycles. The molecule has 0 saturated carbocycles. The number of hydrogen-bond acceptors (Lipinski definition) is 4. The van der Waals surface area contributed by atoms with Gasteiger partial charge in [0.2, 0.25) is 0 Å². The summed E-state index contributed by atoms with van der Waals surface area (Å²) in [5.41, 5.74) is 0.460. The Morgan fingerprint density at radius 1 is 1.39 bits per heavy atom. The van der Waals surface area contributed by atoms with Crippen molar-refractivity contribution in [3.63, 3.8) is 0 Å². The van der Waals surface area contributed by atoms with E-state index in [9.17, 15) is 4.79 Å². The lowest BCUT2D eigenvalue weighted by molar-refractivity contribution is 0.0947. The van der Waals surface area contributed by atoms with Crippen LogP contribution in [0, 0.1) is 11.3 Å². The van der Waals surface area contributed by atoms with Crippen molar-refractivity contribution in [1.29, 1.82) is 5.26 Å². The molecule has 94 valence electrons. The summed E-state index contributed by atoms with van der Waals surface area (Å²) in [6.07, 6.45) is 0.821. The van der Waals surface area contributed by atoms with Gasteiger partial charge >= 0.3 is 0 Å². The SMILES string of the molecule is C[C@H](C#N)NC(=O)c1ccc2c(c1)OCCCO2. The van der Waals surface area contributed by atoms with Crippen molar-refractivity contribution in [2.45, 2.75) is 19.4 Å². The summed E-state index contributed by atoms with van der Waals surface area (Å²) in [4.78, 5) is 11.8. The Kier molecular flexibility index (Phi) is 3.68. The number of rotatable bonds is 2. The summed E-state index contributed by atoms with van der Waals surface area (Å²) < 4.78 is 11.0. The second-order valence-electron chi connectivity index (χ2n) is 4.04. The molecule has 1 N–H and O–H groups in total. The van der Waals surface area contributed by atoms with Gasteiger partial charge in [0.1, 0.15) is 6.04 Å². The van der Waals surface area contributed by atoms with E-state index in [1.54, 1.807) is 25.1 Å². The molecule has 2 rings (SSSR count). The van der Waals surface area contributed by atoms with Crippen LogP contribution in [0.2, 0.25) is 0 Å². The number of hydrogen-bond donors (Lipinski definition) is 1. The fourth-order valence-corrected chi connectivity index (χ4v) is 1.62. The van der Waals surface area contributed by atoms with Crippen LogP contribution in [-0.4, -0.2) is 25.2 Å². The van der Waals surface area contributed by atoms with Crippen LogP contribution < -0.4 is 14.8 Å². The first-order valence-electron chi connectivity index (χ1n) is 5.81. The van der Waals surface area contributed by atoms with Gasteiger partial charge in [-0.05, 0) is 25.1 Å². The number of nitriles is 1. The van der Waals surface area contributed by atoms with Gasteiger partial charge in [-0.15, -0.1) is 0 Å². The van der Waals surface area contributed by atoms with Gasteiger partial charge in [0, 0.05) is 12.0 Å². The van der Waals surface area contributed by atoms with Gasteiger partial charge in [0.25, 0.3) is 5.91 Å². The number of nitrogens with one attached hydrogen (secondary N) is 1. The van der Waals surface area contributed by atoms with Crippen molar-refractivity contribution in [3.8, 4) is 17.6 Å². The lowest BCUT2D eigenvalue weighted by atomic mass is 10.2. The molecule has 0 radical (unpaired) electrons. The summed E-state index contributed by atoms with van der Waals surface area (Å²) >= 11 is 0. The van der Waals surface area contributed by atoms with Gasteiger partial charge in [-0.1, -0.05) is 0 Å². The van der Waals surface area contributed by atoms with E-state index in [1.165, 1.54) is 0 Å². The maximum absolute atomic E-state index is 11.8. The Morgan fingerprint density at radius 3 is 2.83 bits per heavy atom. The van der Waals surface area contributed by atoms with E-state index < -0.39 is 6.04 Å². The zero-order chi connectivity index (χ0) is 13.0. The molecule has 0 fully saturated rings. The van der Waals surface area contributed by atoms with Crippen LogP contribution in [0.4, 0.5) is 0 Å². The fraction of sp³-hybridized carbons (Fsp3) is 0.385. The van der Waals surface area contributed by atoms with Crippen molar-refractivity contribution in [3.05, 3.63) is 23.8 Å². The Bertz CT molecular complexity index is 493. The van der Waals surface area contributed by atoms with Crippen LogP contribution in [0.5, 0.6) is 11.5 Å². The Balaban J connectivity index is 2.18. The van der Waals surface area contributed by atoms with E-state index in [2.05, 4.69) is 5.32 Å². The lowest BCUT2D eigenvalue weighted by Crippen LogP contribution is -2.31. The monoisotopic (exact) mass is 246 g/mol. The van der Waals surface area contributed by atoms with E-state index in [0.29, 0.717) is 30.3 Å². The number of fused-ring (bicyclic) bond motifs is 1. The average Bonchev–Trinajstić information content (AvgIpc) is 2.62. The Morgan fingerprint density at radius 2 is 2.11 bits per heavy atom. The van der Waals surface area contributed by atoms with Gasteiger partial charge < -0.3 is 14.8 Å². The van der Waals surface area contributed by atoms with Crippen molar-refractivity contribution < 1.29 is 14.3 Å². The highest BCUT2D eigenvalue weighted by Crippen LogP contribution is 2.30. The van der Waals surface area contributed by atoms with Crippen LogP contribution in [0.3, 0.4) is 0 Å². The van der Waals surface area contributed by atoms with Crippen LogP contribution in [0.25, 0.3) is 0 Å². The molecule has 0 unspecified atom stereocenters. The molecule has 0 spiro atoms. The maximum atomic E-state index is 11.8. The lowest BCUT2D eigenvalue weighted by Gasteiger charge is -2.10. The van der Waals surface area contributed by atoms with Gasteiger partial charge in [0.05, 0.1) is 19.3 Å². The van der Waals surface area contributed by atoms with E-state index >= 15 is 0 Å². The van der Waals surface area contributed by atoms with Crippen molar-refractivity contribution in [2.75, 3.05) is 13.2 Å². The number of carbonyl (C=O) groups is 1. The van der Waals surface area contributed by atoms with Crippen molar-refractivity contribution in [2.24, 2.45) is 0 Å². The normalized spacial score (nSPS) is 15.1. The molecular formula is C13H14N2O3. The molecule has 1 aliphatic heterocycles. The highest BCUT2D eigenvalue weighted by molar-refractivity contribution is 5.95. The smallest absolute Gasteiger partial charge is 0.252 e. The zero-order valence-corrected chi connectivity index (χ0v) is 10.1. The largest absolute Gasteiger partial charge is 0.490 e. The summed E-state index contributed by atoms with van der Waals surface area (Å²) in [5.74, 6) is 0.932. The number of nitrogens with zero attached hydrogens (tertiary/aromatic N) is 1. The molecule has 1 amide bonds. The zero-order valence-electron chi connectivity index (χ0n) is 10.1. The molecule has 1 atom stereocenters. The molecule has 0 bridgehead atoms. The topological polar surface area (TPSA) is 71.4 Å². The minimum absolute atomic E-state index is 0.292. The molecule has 18 heavy (non-hydrogen) atoms. The van der Waals surface area contributed by atoms with Gasteiger partial charge in [-0.25, -0.2) is 0 Å². The predicted octanol–water partition coefficient (Wildman–Crippen LogP) is 1.49. The molecule has 1 aromatic rings. The van der Waals surface area contributed by atoms with E-state index in [4.69, 9.17) is 14.7 Å². The second kappa shape index (κ2) is 5.41. The summed E-state index contributed by atoms with van der Waals surface area (Å²) in [6.45, 7) is 2.82. The molecule has 5 heteroatoms. The third kappa shape index (κ3) is 2.72. The molecule has 0 aliphatic carbocycles. The molecule has 1 aliphatic rings. The highest BCUT2D eigenvalue weighted by Gasteiger charge is 2.15. The van der Waals surface area contributed by atoms with Crippen molar-refractivity contribution >= 4 is 5.91 Å². The van der Waals surface area contributed by atoms with Crippen LogP contribution in [0.15, 0.2) is 18.2 Å². The molecular weight excluding hydrogens is 232 g/mol. The third-order valence-corrected chi connectivity index (χ3v) is 2.55. The molecule has 0 saturated heterocycles. The number of carbonyl (C=O) groups excluding carboxylic acids is 1. The molecule has 5 nitrogen and oxygen atoms in total. The standard InChI is InChI=1S/C13H14N2O3/c1-9(8-14)15-13(16)10-3-4-11-12(7-10)18-6-2-5-17-11/h3-4,7,9H,2,5-6H2,1H3,(H,15,16)/t9-/m1/s1. The minimum Gasteiger partial charge on any atom is -0.490 e. The van der Waals surface area contributed by atoms with E-state index in [0.717, 1.165) is 6.42 Å². The third-order valence-electron chi connectivity index (χ3n) is 2.55. The van der Waals surface area contributed by atoms with Gasteiger partial charge in [-0.3, -0.25) is 4.79 Å². The first kappa shape index (κ1) is 12.2. The minimum atomic E-state index is -0.520. The summed E-state index contributed by atoms with van der Waals surface area (Å²) in [7, 11) is 0. The van der Waals surface area contributed by atoms with Crippen LogP contribution in [-0.2, 0) is 0 Å². The number of amides is 1. The van der Waals surface area contributed by atoms with Crippen LogP contribution in [0.1, 0.15) is 23.7 Å².